The van der Waals surface area contributed by atoms with E-state index in [1.165, 1.54) is 5.82 Å². The van der Waals surface area contributed by atoms with E-state index in [0.717, 1.165) is 5.30 Å². The molecule has 0 aromatic heterocycles. The minimum absolute atomic E-state index is 0.840. The third kappa shape index (κ3) is 1.52. The molecule has 1 aromatic carbocycles. The Bertz CT molecular complexity index is 241. The van der Waals surface area contributed by atoms with Crippen LogP contribution in [0.15, 0.2) is 42.7 Å². The molecule has 0 aliphatic heterocycles. The van der Waals surface area contributed by atoms with Gasteiger partial charge in [-0.05, 0) is 12.1 Å². The van der Waals surface area contributed by atoms with Crippen molar-refractivity contribution in [1.82, 2.24) is 0 Å². The Morgan fingerprint density at radius 1 is 1.30 bits per heavy atom. The first kappa shape index (κ1) is 7.17. The van der Waals surface area contributed by atoms with Gasteiger partial charge in [0.15, 0.2) is 11.1 Å². The van der Waals surface area contributed by atoms with E-state index in [0.29, 0.717) is 0 Å². The van der Waals surface area contributed by atoms with Gasteiger partial charge in [-0.25, -0.2) is 0 Å². The second kappa shape index (κ2) is 3.28. The molecule has 1 rings (SSSR count). The van der Waals surface area contributed by atoms with Crippen molar-refractivity contribution < 1.29 is 4.57 Å². The summed E-state index contributed by atoms with van der Waals surface area (Å²) in [5, 5.41) is 0.840. The number of hydrogen-bond donors (Lipinski definition) is 0. The van der Waals surface area contributed by atoms with Crippen LogP contribution in [-0.4, -0.2) is 0 Å². The molecule has 0 aliphatic carbocycles. The zero-order valence-electron chi connectivity index (χ0n) is 5.53. The maximum absolute atomic E-state index is 11.0. The summed E-state index contributed by atoms with van der Waals surface area (Å²) in [7, 11) is -1.36. The van der Waals surface area contributed by atoms with E-state index in [4.69, 9.17) is 0 Å². The minimum Gasteiger partial charge on any atom is -0.0620 e. The highest BCUT2D eigenvalue weighted by Gasteiger charge is 2.11. The average molecular weight is 151 g/mol. The summed E-state index contributed by atoms with van der Waals surface area (Å²) in [5.41, 5.74) is 0. The van der Waals surface area contributed by atoms with Crippen molar-refractivity contribution in [2.45, 2.75) is 0 Å². The molecule has 0 fully saturated rings. The van der Waals surface area contributed by atoms with Gasteiger partial charge in [-0.2, -0.15) is 0 Å². The molecule has 1 aromatic rings. The lowest BCUT2D eigenvalue weighted by Crippen LogP contribution is -1.90. The standard InChI is InChI=1S/C8H8OP/c1-2-10(9)8-6-4-3-5-7-8/h2-7H,1H2/q+1. The Morgan fingerprint density at radius 3 is 2.40 bits per heavy atom. The maximum Gasteiger partial charge on any atom is 0.406 e. The zero-order chi connectivity index (χ0) is 7.40. The van der Waals surface area contributed by atoms with Crippen molar-refractivity contribution in [3.05, 3.63) is 42.7 Å². The van der Waals surface area contributed by atoms with E-state index >= 15 is 0 Å². The van der Waals surface area contributed by atoms with Crippen molar-refractivity contribution in [1.29, 1.82) is 0 Å². The Hall–Kier alpha value is -0.940. The molecule has 0 saturated carbocycles. The summed E-state index contributed by atoms with van der Waals surface area (Å²) in [4.78, 5) is 0. The smallest absolute Gasteiger partial charge is 0.0620 e. The lowest BCUT2D eigenvalue weighted by Gasteiger charge is -1.79. The van der Waals surface area contributed by atoms with E-state index in [1.54, 1.807) is 0 Å². The summed E-state index contributed by atoms with van der Waals surface area (Å²) in [6.45, 7) is 3.45. The van der Waals surface area contributed by atoms with Crippen LogP contribution in [0.3, 0.4) is 0 Å². The summed E-state index contributed by atoms with van der Waals surface area (Å²) < 4.78 is 11.0. The van der Waals surface area contributed by atoms with Gasteiger partial charge in [0.1, 0.15) is 0 Å². The Kier molecular flexibility index (Phi) is 2.35. The van der Waals surface area contributed by atoms with Crippen LogP contribution in [0.5, 0.6) is 0 Å². The lowest BCUT2D eigenvalue weighted by molar-refractivity contribution is 0.598. The van der Waals surface area contributed by atoms with E-state index in [2.05, 4.69) is 6.58 Å². The van der Waals surface area contributed by atoms with Crippen LogP contribution in [0.25, 0.3) is 0 Å². The van der Waals surface area contributed by atoms with Crippen molar-refractivity contribution in [2.24, 2.45) is 0 Å². The molecule has 1 atom stereocenters. The van der Waals surface area contributed by atoms with Crippen LogP contribution in [-0.2, 0) is 4.57 Å². The second-order valence-corrected chi connectivity index (χ2v) is 3.38. The predicted molar refractivity (Wildman–Crippen MR) is 43.9 cm³/mol. The third-order valence-corrected chi connectivity index (χ3v) is 2.32. The molecule has 0 heterocycles. The van der Waals surface area contributed by atoms with Gasteiger partial charge in [-0.3, -0.25) is 0 Å². The SMILES string of the molecule is C=C[P+](=O)c1ccccc1. The average Bonchev–Trinajstić information content (AvgIpc) is 2.05. The van der Waals surface area contributed by atoms with Gasteiger partial charge >= 0.3 is 7.80 Å². The molecule has 10 heavy (non-hydrogen) atoms. The topological polar surface area (TPSA) is 17.1 Å². The third-order valence-electron chi connectivity index (χ3n) is 1.18. The highest BCUT2D eigenvalue weighted by Crippen LogP contribution is 2.18. The first-order valence-electron chi connectivity index (χ1n) is 2.98. The quantitative estimate of drug-likeness (QED) is 0.592. The summed E-state index contributed by atoms with van der Waals surface area (Å²) >= 11 is 0. The molecule has 0 aliphatic rings. The van der Waals surface area contributed by atoms with Crippen LogP contribution in [0.2, 0.25) is 0 Å². The number of benzene rings is 1. The van der Waals surface area contributed by atoms with E-state index < -0.39 is 7.80 Å². The molecule has 1 nitrogen and oxygen atoms in total. The van der Waals surface area contributed by atoms with E-state index in [9.17, 15) is 4.57 Å². The fourth-order valence-electron chi connectivity index (χ4n) is 0.680. The molecule has 0 bridgehead atoms. The van der Waals surface area contributed by atoms with Crippen molar-refractivity contribution in [3.8, 4) is 0 Å². The second-order valence-electron chi connectivity index (χ2n) is 1.84. The zero-order valence-corrected chi connectivity index (χ0v) is 6.42. The van der Waals surface area contributed by atoms with Gasteiger partial charge < -0.3 is 0 Å². The molecular weight excluding hydrogens is 143 g/mol. The highest BCUT2D eigenvalue weighted by atomic mass is 31.1. The van der Waals surface area contributed by atoms with Gasteiger partial charge in [0.25, 0.3) is 0 Å². The van der Waals surface area contributed by atoms with Crippen LogP contribution in [0, 0.1) is 0 Å². The summed E-state index contributed by atoms with van der Waals surface area (Å²) in [5.74, 6) is 1.46. The molecule has 0 radical (unpaired) electrons. The van der Waals surface area contributed by atoms with Crippen LogP contribution in [0.1, 0.15) is 0 Å². The van der Waals surface area contributed by atoms with E-state index in [1.807, 2.05) is 30.3 Å². The molecule has 0 amide bonds. The predicted octanol–water partition coefficient (Wildman–Crippen LogP) is 2.28. The minimum atomic E-state index is -1.36. The molecular formula is C8H8OP+. The Morgan fingerprint density at radius 2 is 1.90 bits per heavy atom. The summed E-state index contributed by atoms with van der Waals surface area (Å²) in [6.07, 6.45) is 0. The fourth-order valence-corrected chi connectivity index (χ4v) is 1.36. The molecule has 0 saturated heterocycles. The van der Waals surface area contributed by atoms with Gasteiger partial charge in [0, 0.05) is 0 Å². The van der Waals surface area contributed by atoms with Crippen molar-refractivity contribution in [3.63, 3.8) is 0 Å². The first-order valence-corrected chi connectivity index (χ1v) is 4.31. The molecule has 50 valence electrons. The lowest BCUT2D eigenvalue weighted by atomic mass is 10.4. The highest BCUT2D eigenvalue weighted by molar-refractivity contribution is 7.56. The van der Waals surface area contributed by atoms with Crippen molar-refractivity contribution >= 4 is 13.1 Å². The summed E-state index contributed by atoms with van der Waals surface area (Å²) in [6, 6.07) is 9.30. The van der Waals surface area contributed by atoms with Gasteiger partial charge in [-0.15, -0.1) is 0 Å². The molecule has 0 N–H and O–H groups in total. The van der Waals surface area contributed by atoms with Crippen LogP contribution < -0.4 is 5.30 Å². The van der Waals surface area contributed by atoms with E-state index in [-0.39, 0.29) is 0 Å². The van der Waals surface area contributed by atoms with Gasteiger partial charge in [0.2, 0.25) is 0 Å². The number of hydrogen-bond acceptors (Lipinski definition) is 1. The van der Waals surface area contributed by atoms with Crippen LogP contribution >= 0.6 is 7.80 Å². The largest absolute Gasteiger partial charge is 0.406 e. The molecule has 1 unspecified atom stereocenters. The normalized spacial score (nSPS) is 10.6. The fraction of sp³-hybridized carbons (Fsp3) is 0. The van der Waals surface area contributed by atoms with Gasteiger partial charge in [0.05, 0.1) is 0 Å². The maximum atomic E-state index is 11.0. The van der Waals surface area contributed by atoms with Crippen molar-refractivity contribution in [2.75, 3.05) is 0 Å². The Labute approximate surface area is 61.2 Å². The monoisotopic (exact) mass is 151 g/mol. The molecule has 2 heteroatoms. The first-order chi connectivity index (χ1) is 4.84. The number of rotatable bonds is 2. The van der Waals surface area contributed by atoms with Gasteiger partial charge in [-0.1, -0.05) is 29.3 Å². The molecule has 0 spiro atoms. The Balaban J connectivity index is 2.95. The van der Waals surface area contributed by atoms with Crippen LogP contribution in [0.4, 0.5) is 0 Å².